The lowest BCUT2D eigenvalue weighted by Crippen LogP contribution is -2.21. The first-order chi connectivity index (χ1) is 18.3. The molecule has 1 aliphatic carbocycles. The van der Waals surface area contributed by atoms with Crippen LogP contribution >= 0.6 is 0 Å². The van der Waals surface area contributed by atoms with E-state index < -0.39 is 11.5 Å². The number of carboxylic acid groups (broad SMARTS) is 1. The van der Waals surface area contributed by atoms with E-state index in [2.05, 4.69) is 10.2 Å². The van der Waals surface area contributed by atoms with Gasteiger partial charge in [0.1, 0.15) is 5.69 Å². The molecule has 0 fully saturated rings. The van der Waals surface area contributed by atoms with Crippen molar-refractivity contribution in [2.45, 2.75) is 26.7 Å². The molecule has 0 saturated carbocycles. The number of aromatic carboxylic acids is 1. The molecule has 8 heteroatoms. The number of carboxylic acids is 1. The Kier molecular flexibility index (Phi) is 6.38. The number of phenols is 1. The number of hydrogen-bond acceptors (Lipinski definition) is 6. The second kappa shape index (κ2) is 9.82. The molecule has 0 saturated heterocycles. The number of aromatic hydroxyl groups is 2. The summed E-state index contributed by atoms with van der Waals surface area (Å²) >= 11 is 0. The monoisotopic (exact) mass is 507 g/mol. The van der Waals surface area contributed by atoms with Crippen molar-refractivity contribution >= 4 is 23.4 Å². The van der Waals surface area contributed by atoms with Crippen molar-refractivity contribution in [3.8, 4) is 28.4 Å². The summed E-state index contributed by atoms with van der Waals surface area (Å²) < 4.78 is 1.24. The molecule has 0 atom stereocenters. The number of nitrogens with zero attached hydrogens (tertiary/aromatic N) is 3. The van der Waals surface area contributed by atoms with Gasteiger partial charge in [-0.25, -0.2) is 9.36 Å². The van der Waals surface area contributed by atoms with Crippen molar-refractivity contribution in [2.75, 3.05) is 0 Å². The zero-order chi connectivity index (χ0) is 27.0. The predicted octanol–water partition coefficient (Wildman–Crippen LogP) is 6.61. The Labute approximate surface area is 218 Å². The molecular formula is C30H25N3O5. The smallest absolute Gasteiger partial charge is 0.335 e. The van der Waals surface area contributed by atoms with Crippen LogP contribution in [0.1, 0.15) is 39.0 Å². The maximum absolute atomic E-state index is 13.7. The Morgan fingerprint density at radius 3 is 2.50 bits per heavy atom. The van der Waals surface area contributed by atoms with E-state index in [9.17, 15) is 24.9 Å². The third-order valence-electron chi connectivity index (χ3n) is 6.75. The van der Waals surface area contributed by atoms with E-state index in [1.54, 1.807) is 42.5 Å². The quantitative estimate of drug-likeness (QED) is 0.262. The van der Waals surface area contributed by atoms with E-state index >= 15 is 0 Å². The zero-order valence-electron chi connectivity index (χ0n) is 20.8. The van der Waals surface area contributed by atoms with Gasteiger partial charge in [0.25, 0.3) is 5.56 Å². The van der Waals surface area contributed by atoms with Gasteiger partial charge < -0.3 is 15.3 Å². The molecule has 3 N–H and O–H groups in total. The molecule has 0 unspecified atom stereocenters. The highest BCUT2D eigenvalue weighted by Gasteiger charge is 2.23. The first-order valence-electron chi connectivity index (χ1n) is 12.1. The van der Waals surface area contributed by atoms with Crippen LogP contribution in [0.4, 0.5) is 11.4 Å². The van der Waals surface area contributed by atoms with Crippen molar-refractivity contribution in [1.82, 2.24) is 4.57 Å². The summed E-state index contributed by atoms with van der Waals surface area (Å²) in [4.78, 5) is 25.0. The summed E-state index contributed by atoms with van der Waals surface area (Å²) in [6.07, 6.45) is 4.91. The Bertz CT molecular complexity index is 1720. The SMILES string of the molecule is Cc1ccc(-n2c(O)c3c(c(N=Nc4cccc(-c5cccc(C(=O)O)c5)c4O)c2=O)C=CCC3)cc1C. The summed E-state index contributed by atoms with van der Waals surface area (Å²) in [5.41, 5.74) is 4.24. The Hall–Kier alpha value is -4.98. The molecule has 3 aromatic carbocycles. The van der Waals surface area contributed by atoms with Crippen LogP contribution in [-0.2, 0) is 6.42 Å². The van der Waals surface area contributed by atoms with Crippen LogP contribution in [-0.4, -0.2) is 25.9 Å². The molecule has 190 valence electrons. The summed E-state index contributed by atoms with van der Waals surface area (Å²) in [5.74, 6) is -1.40. The Morgan fingerprint density at radius 1 is 0.947 bits per heavy atom. The van der Waals surface area contributed by atoms with Gasteiger partial charge >= 0.3 is 5.97 Å². The molecule has 8 nitrogen and oxygen atoms in total. The second-order valence-corrected chi connectivity index (χ2v) is 9.17. The average Bonchev–Trinajstić information content (AvgIpc) is 2.91. The van der Waals surface area contributed by atoms with Crippen LogP contribution in [0, 0.1) is 13.8 Å². The highest BCUT2D eigenvalue weighted by Crippen LogP contribution is 2.39. The number of allylic oxidation sites excluding steroid dienone is 1. The number of rotatable bonds is 5. The normalized spacial score (nSPS) is 12.6. The van der Waals surface area contributed by atoms with Crippen LogP contribution in [0.3, 0.4) is 0 Å². The first kappa shape index (κ1) is 24.7. The Balaban J connectivity index is 1.64. The van der Waals surface area contributed by atoms with Gasteiger partial charge in [-0.1, -0.05) is 42.5 Å². The summed E-state index contributed by atoms with van der Waals surface area (Å²) in [6, 6.07) is 16.6. The van der Waals surface area contributed by atoms with E-state index in [0.29, 0.717) is 40.8 Å². The number of fused-ring (bicyclic) bond motifs is 1. The summed E-state index contributed by atoms with van der Waals surface area (Å²) in [5, 5.41) is 39.8. The van der Waals surface area contributed by atoms with Crippen LogP contribution in [0.5, 0.6) is 11.6 Å². The van der Waals surface area contributed by atoms with E-state index in [4.69, 9.17) is 0 Å². The number of azo groups is 1. The summed E-state index contributed by atoms with van der Waals surface area (Å²) in [7, 11) is 0. The zero-order valence-corrected chi connectivity index (χ0v) is 20.8. The van der Waals surface area contributed by atoms with Crippen LogP contribution in [0.2, 0.25) is 0 Å². The molecule has 5 rings (SSSR count). The minimum absolute atomic E-state index is 0.0460. The number of benzene rings is 3. The molecule has 0 radical (unpaired) electrons. The number of aromatic nitrogens is 1. The van der Waals surface area contributed by atoms with Gasteiger partial charge in [0.15, 0.2) is 11.4 Å². The minimum Gasteiger partial charge on any atom is -0.505 e. The van der Waals surface area contributed by atoms with Gasteiger partial charge in [0, 0.05) is 16.7 Å². The molecule has 1 heterocycles. The van der Waals surface area contributed by atoms with Crippen molar-refractivity contribution in [2.24, 2.45) is 10.2 Å². The fourth-order valence-electron chi connectivity index (χ4n) is 4.54. The number of para-hydroxylation sites is 1. The van der Waals surface area contributed by atoms with Gasteiger partial charge in [0.2, 0.25) is 5.88 Å². The first-order valence-corrected chi connectivity index (χ1v) is 12.1. The number of phenolic OH excluding ortho intramolecular Hbond substituents is 1. The van der Waals surface area contributed by atoms with Crippen LogP contribution in [0.15, 0.2) is 81.8 Å². The molecule has 1 aromatic heterocycles. The largest absolute Gasteiger partial charge is 0.505 e. The van der Waals surface area contributed by atoms with Crippen molar-refractivity contribution in [1.29, 1.82) is 0 Å². The number of aryl methyl sites for hydroxylation is 2. The van der Waals surface area contributed by atoms with Crippen LogP contribution in [0.25, 0.3) is 22.9 Å². The summed E-state index contributed by atoms with van der Waals surface area (Å²) in [6.45, 7) is 3.90. The highest BCUT2D eigenvalue weighted by molar-refractivity contribution is 5.90. The lowest BCUT2D eigenvalue weighted by molar-refractivity contribution is 0.0697. The van der Waals surface area contributed by atoms with Gasteiger partial charge in [-0.3, -0.25) is 4.79 Å². The van der Waals surface area contributed by atoms with Crippen molar-refractivity contribution < 1.29 is 20.1 Å². The van der Waals surface area contributed by atoms with Gasteiger partial charge in [-0.05, 0) is 73.7 Å². The maximum atomic E-state index is 13.7. The van der Waals surface area contributed by atoms with E-state index in [1.807, 2.05) is 32.1 Å². The molecule has 0 bridgehead atoms. The van der Waals surface area contributed by atoms with Crippen LogP contribution < -0.4 is 5.56 Å². The number of pyridine rings is 1. The second-order valence-electron chi connectivity index (χ2n) is 9.17. The minimum atomic E-state index is -1.08. The maximum Gasteiger partial charge on any atom is 0.335 e. The third-order valence-corrected chi connectivity index (χ3v) is 6.75. The van der Waals surface area contributed by atoms with E-state index in [-0.39, 0.29) is 28.6 Å². The molecule has 1 aliphatic rings. The van der Waals surface area contributed by atoms with Gasteiger partial charge in [-0.15, -0.1) is 10.2 Å². The topological polar surface area (TPSA) is 124 Å². The lowest BCUT2D eigenvalue weighted by Gasteiger charge is -2.19. The molecule has 0 spiro atoms. The van der Waals surface area contributed by atoms with Gasteiger partial charge in [0.05, 0.1) is 11.3 Å². The molecule has 0 aliphatic heterocycles. The van der Waals surface area contributed by atoms with Gasteiger partial charge in [-0.2, -0.15) is 0 Å². The van der Waals surface area contributed by atoms with E-state index in [1.165, 1.54) is 16.7 Å². The lowest BCUT2D eigenvalue weighted by atomic mass is 9.97. The Morgan fingerprint density at radius 2 is 1.74 bits per heavy atom. The van der Waals surface area contributed by atoms with E-state index in [0.717, 1.165) is 11.1 Å². The molecular weight excluding hydrogens is 482 g/mol. The molecule has 0 amide bonds. The average molecular weight is 508 g/mol. The highest BCUT2D eigenvalue weighted by atomic mass is 16.4. The fraction of sp³-hybridized carbons (Fsp3) is 0.133. The fourth-order valence-corrected chi connectivity index (χ4v) is 4.54. The van der Waals surface area contributed by atoms with Crippen molar-refractivity contribution in [3.63, 3.8) is 0 Å². The predicted molar refractivity (Wildman–Crippen MR) is 145 cm³/mol. The number of carbonyl (C=O) groups is 1. The molecule has 38 heavy (non-hydrogen) atoms. The third kappa shape index (κ3) is 4.37. The van der Waals surface area contributed by atoms with Crippen molar-refractivity contribution in [3.05, 3.63) is 105 Å². The standard InChI is InChI=1S/C30H25N3O5/c1-17-13-14-21(15-18(17)2)33-28(35)24-10-4-3-9-23(24)26(29(33)36)32-31-25-12-6-11-22(27(25)34)19-7-5-8-20(16-19)30(37)38/h3,5-9,11-16,34-35H,4,10H2,1-2H3,(H,37,38). The number of hydrogen-bond donors (Lipinski definition) is 3. The molecule has 4 aromatic rings.